The van der Waals surface area contributed by atoms with E-state index in [0.29, 0.717) is 4.70 Å². The molecule has 1 atom stereocenters. The number of ether oxygens (including phenoxy) is 1. The van der Waals surface area contributed by atoms with Crippen LogP contribution in [0.5, 0.6) is 5.75 Å². The molecule has 6 heteroatoms. The molecule has 138 valence electrons. The third-order valence-corrected chi connectivity index (χ3v) is 6.45. The number of rotatable bonds is 4. The third kappa shape index (κ3) is 2.98. The van der Waals surface area contributed by atoms with Crippen LogP contribution in [0.2, 0.25) is 0 Å². The number of thiophene rings is 1. The molecule has 2 heterocycles. The second-order valence-corrected chi connectivity index (χ2v) is 8.21. The molecule has 0 aliphatic carbocycles. The summed E-state index contributed by atoms with van der Waals surface area (Å²) in [6, 6.07) is 12.2. The first-order chi connectivity index (χ1) is 13.0. The molecular weight excluding hydrogens is 424 g/mol. The molecule has 0 aliphatic heterocycles. The van der Waals surface area contributed by atoms with Crippen LogP contribution in [0.1, 0.15) is 24.9 Å². The Labute approximate surface area is 169 Å². The summed E-state index contributed by atoms with van der Waals surface area (Å²) in [5, 5.41) is 3.85. The molecule has 0 radical (unpaired) electrons. The Morgan fingerprint density at radius 3 is 2.67 bits per heavy atom. The molecule has 0 amide bonds. The lowest BCUT2D eigenvalue weighted by molar-refractivity contribution is 0.416. The lowest BCUT2D eigenvalue weighted by Crippen LogP contribution is -2.08. The minimum absolute atomic E-state index is 0.0301. The fourth-order valence-corrected chi connectivity index (χ4v) is 4.75. The molecule has 2 aromatic heterocycles. The van der Waals surface area contributed by atoms with E-state index in [1.54, 1.807) is 7.11 Å². The number of halogens is 1. The summed E-state index contributed by atoms with van der Waals surface area (Å²) in [7, 11) is 1.66. The largest absolute Gasteiger partial charge is 0.496 e. The van der Waals surface area contributed by atoms with Crippen molar-refractivity contribution in [2.45, 2.75) is 19.4 Å². The summed E-state index contributed by atoms with van der Waals surface area (Å²) in [4.78, 5) is 15.5. The van der Waals surface area contributed by atoms with Crippen LogP contribution in [0.25, 0.3) is 32.1 Å². The van der Waals surface area contributed by atoms with E-state index in [1.807, 2.05) is 17.5 Å². The molecule has 4 rings (SSSR count). The number of methoxy groups -OCH3 is 1. The summed E-state index contributed by atoms with van der Waals surface area (Å²) in [6.07, 6.45) is 0.890. The maximum Gasteiger partial charge on any atom is 0.266 e. The van der Waals surface area contributed by atoms with Crippen LogP contribution in [0, 0.1) is 0 Å². The van der Waals surface area contributed by atoms with Crippen molar-refractivity contribution in [2.24, 2.45) is 5.73 Å². The highest BCUT2D eigenvalue weighted by atomic mass is 79.9. The van der Waals surface area contributed by atoms with Gasteiger partial charge in [0.15, 0.2) is 0 Å². The van der Waals surface area contributed by atoms with E-state index in [9.17, 15) is 4.79 Å². The molecule has 0 aliphatic rings. The average molecular weight is 443 g/mol. The first-order valence-corrected chi connectivity index (χ1v) is 10.4. The predicted molar refractivity (Wildman–Crippen MR) is 117 cm³/mol. The number of aromatic amines is 1. The lowest BCUT2D eigenvalue weighted by atomic mass is 9.95. The number of pyridine rings is 1. The van der Waals surface area contributed by atoms with Gasteiger partial charge in [0.25, 0.3) is 5.56 Å². The van der Waals surface area contributed by atoms with Crippen LogP contribution < -0.4 is 16.0 Å². The zero-order valence-corrected chi connectivity index (χ0v) is 17.4. The van der Waals surface area contributed by atoms with Gasteiger partial charge in [0, 0.05) is 26.9 Å². The SMILES string of the molecule is CC[C@@H](N)c1ccc(-c2c(OC)cc(Br)c3[nH]c(=O)c4sccc4c23)cc1. The number of H-pyrrole nitrogens is 1. The molecule has 2 aromatic carbocycles. The fourth-order valence-electron chi connectivity index (χ4n) is 3.45. The number of aromatic nitrogens is 1. The van der Waals surface area contributed by atoms with Crippen molar-refractivity contribution in [1.29, 1.82) is 0 Å². The summed E-state index contributed by atoms with van der Waals surface area (Å²) in [6.45, 7) is 2.08. The molecule has 0 spiro atoms. The normalized spacial score (nSPS) is 12.6. The van der Waals surface area contributed by atoms with Crippen LogP contribution in [0.4, 0.5) is 0 Å². The van der Waals surface area contributed by atoms with E-state index < -0.39 is 0 Å². The van der Waals surface area contributed by atoms with Gasteiger partial charge in [0.05, 0.1) is 12.6 Å². The minimum Gasteiger partial charge on any atom is -0.496 e. The van der Waals surface area contributed by atoms with Crippen molar-refractivity contribution >= 4 is 48.3 Å². The Kier molecular flexibility index (Phi) is 4.80. The van der Waals surface area contributed by atoms with E-state index in [1.165, 1.54) is 11.3 Å². The lowest BCUT2D eigenvalue weighted by Gasteiger charge is -2.16. The molecule has 0 unspecified atom stereocenters. The molecule has 4 nitrogen and oxygen atoms in total. The van der Waals surface area contributed by atoms with Crippen molar-refractivity contribution < 1.29 is 4.74 Å². The van der Waals surface area contributed by atoms with Crippen LogP contribution in [0.3, 0.4) is 0 Å². The highest BCUT2D eigenvalue weighted by molar-refractivity contribution is 9.10. The monoisotopic (exact) mass is 442 g/mol. The average Bonchev–Trinajstić information content (AvgIpc) is 3.18. The van der Waals surface area contributed by atoms with E-state index in [-0.39, 0.29) is 11.6 Å². The number of nitrogens with one attached hydrogen (secondary N) is 1. The second kappa shape index (κ2) is 7.11. The van der Waals surface area contributed by atoms with Gasteiger partial charge in [-0.15, -0.1) is 11.3 Å². The van der Waals surface area contributed by atoms with Gasteiger partial charge in [-0.3, -0.25) is 4.79 Å². The maximum atomic E-state index is 12.4. The Morgan fingerprint density at radius 2 is 2.00 bits per heavy atom. The van der Waals surface area contributed by atoms with E-state index in [0.717, 1.165) is 49.6 Å². The van der Waals surface area contributed by atoms with E-state index in [2.05, 4.69) is 52.1 Å². The van der Waals surface area contributed by atoms with E-state index >= 15 is 0 Å². The molecule has 0 saturated heterocycles. The quantitative estimate of drug-likeness (QED) is 0.432. The second-order valence-electron chi connectivity index (χ2n) is 6.44. The van der Waals surface area contributed by atoms with Crippen molar-refractivity contribution in [3.05, 3.63) is 62.2 Å². The van der Waals surface area contributed by atoms with Gasteiger partial charge < -0.3 is 15.5 Å². The fraction of sp³-hybridized carbons (Fsp3) is 0.190. The Morgan fingerprint density at radius 1 is 1.26 bits per heavy atom. The summed E-state index contributed by atoms with van der Waals surface area (Å²) in [5.41, 5.74) is 9.95. The molecule has 0 saturated carbocycles. The Hall–Kier alpha value is -2.15. The number of benzene rings is 2. The first kappa shape index (κ1) is 18.2. The summed E-state index contributed by atoms with van der Waals surface area (Å²) < 4.78 is 7.22. The minimum atomic E-state index is -0.0754. The maximum absolute atomic E-state index is 12.4. The number of fused-ring (bicyclic) bond motifs is 3. The van der Waals surface area contributed by atoms with Crippen molar-refractivity contribution in [3.63, 3.8) is 0 Å². The van der Waals surface area contributed by atoms with Gasteiger partial charge in [0.1, 0.15) is 10.4 Å². The van der Waals surface area contributed by atoms with Crippen molar-refractivity contribution in [2.75, 3.05) is 7.11 Å². The molecule has 0 fully saturated rings. The van der Waals surface area contributed by atoms with Crippen LogP contribution in [-0.2, 0) is 0 Å². The molecule has 27 heavy (non-hydrogen) atoms. The van der Waals surface area contributed by atoms with Crippen molar-refractivity contribution in [1.82, 2.24) is 4.98 Å². The zero-order chi connectivity index (χ0) is 19.1. The highest BCUT2D eigenvalue weighted by Gasteiger charge is 2.19. The summed E-state index contributed by atoms with van der Waals surface area (Å²) in [5.74, 6) is 0.751. The first-order valence-electron chi connectivity index (χ1n) is 8.70. The molecule has 4 aromatic rings. The van der Waals surface area contributed by atoms with Gasteiger partial charge in [-0.2, -0.15) is 0 Å². The van der Waals surface area contributed by atoms with Gasteiger partial charge in [-0.1, -0.05) is 31.2 Å². The van der Waals surface area contributed by atoms with Crippen LogP contribution >= 0.6 is 27.3 Å². The van der Waals surface area contributed by atoms with Gasteiger partial charge >= 0.3 is 0 Å². The smallest absolute Gasteiger partial charge is 0.266 e. The molecule has 3 N–H and O–H groups in total. The topological polar surface area (TPSA) is 68.1 Å². The van der Waals surface area contributed by atoms with E-state index in [4.69, 9.17) is 10.5 Å². The summed E-state index contributed by atoms with van der Waals surface area (Å²) >= 11 is 5.03. The zero-order valence-electron chi connectivity index (χ0n) is 15.0. The van der Waals surface area contributed by atoms with Gasteiger partial charge in [0.2, 0.25) is 0 Å². The van der Waals surface area contributed by atoms with Gasteiger partial charge in [-0.05, 0) is 51.0 Å². The number of nitrogens with two attached hydrogens (primary N) is 1. The molecule has 0 bridgehead atoms. The standard InChI is InChI=1S/C21H19BrN2O2S/c1-3-15(23)11-4-6-12(7-5-11)17-16(26-2)10-14(22)19-18(17)13-8-9-27-20(13)21(25)24-19/h4-10,15H,3,23H2,1-2H3,(H,24,25)/t15-/m1/s1. The highest BCUT2D eigenvalue weighted by Crippen LogP contribution is 2.43. The number of hydrogen-bond acceptors (Lipinski definition) is 4. The van der Waals surface area contributed by atoms with Crippen LogP contribution in [0.15, 0.2) is 51.0 Å². The molecular formula is C21H19BrN2O2S. The third-order valence-electron chi connectivity index (χ3n) is 4.91. The van der Waals surface area contributed by atoms with Crippen LogP contribution in [-0.4, -0.2) is 12.1 Å². The number of hydrogen-bond donors (Lipinski definition) is 2. The predicted octanol–water partition coefficient (Wildman–Crippen LogP) is 5.59. The Bertz CT molecular complexity index is 1190. The van der Waals surface area contributed by atoms with Gasteiger partial charge in [-0.25, -0.2) is 0 Å². The van der Waals surface area contributed by atoms with Crippen molar-refractivity contribution in [3.8, 4) is 16.9 Å². The Balaban J connectivity index is 2.08.